The van der Waals surface area contributed by atoms with Gasteiger partial charge in [0.1, 0.15) is 11.6 Å². The van der Waals surface area contributed by atoms with Gasteiger partial charge in [0.2, 0.25) is 5.95 Å². The van der Waals surface area contributed by atoms with Crippen LogP contribution in [0.3, 0.4) is 0 Å². The van der Waals surface area contributed by atoms with E-state index in [0.717, 1.165) is 22.5 Å². The van der Waals surface area contributed by atoms with E-state index >= 15 is 0 Å². The second-order valence-corrected chi connectivity index (χ2v) is 5.02. The predicted molar refractivity (Wildman–Crippen MR) is 89.0 cm³/mol. The average molecular weight is 294 g/mol. The van der Waals surface area contributed by atoms with Crippen molar-refractivity contribution < 1.29 is 4.42 Å². The summed E-state index contributed by atoms with van der Waals surface area (Å²) in [6.07, 6.45) is 3.46. The number of aromatic nitrogens is 2. The molecular weight excluding hydrogens is 276 g/mol. The highest BCUT2D eigenvalue weighted by atomic mass is 16.3. The molecule has 2 aromatic heterocycles. The first-order chi connectivity index (χ1) is 10.8. The van der Waals surface area contributed by atoms with Gasteiger partial charge in [-0.3, -0.25) is 0 Å². The molecule has 2 N–H and O–H groups in total. The zero-order valence-electron chi connectivity index (χ0n) is 12.5. The van der Waals surface area contributed by atoms with Crippen molar-refractivity contribution in [3.8, 4) is 0 Å². The summed E-state index contributed by atoms with van der Waals surface area (Å²) in [5.41, 5.74) is 2.07. The summed E-state index contributed by atoms with van der Waals surface area (Å²) in [7, 11) is 0. The van der Waals surface area contributed by atoms with Crippen molar-refractivity contribution >= 4 is 22.7 Å². The highest BCUT2D eigenvalue weighted by molar-refractivity contribution is 5.90. The van der Waals surface area contributed by atoms with Crippen LogP contribution in [0, 0.1) is 6.92 Å². The fraction of sp³-hybridized carbons (Fsp3) is 0.176. The van der Waals surface area contributed by atoms with E-state index in [1.54, 1.807) is 12.3 Å². The lowest BCUT2D eigenvalue weighted by molar-refractivity contribution is 0.517. The van der Waals surface area contributed by atoms with Gasteiger partial charge in [0.05, 0.1) is 18.3 Å². The Balaban J connectivity index is 1.92. The minimum Gasteiger partial charge on any atom is -0.467 e. The highest BCUT2D eigenvalue weighted by Gasteiger charge is 2.08. The van der Waals surface area contributed by atoms with Crippen LogP contribution in [-0.2, 0) is 6.54 Å². The van der Waals surface area contributed by atoms with Crippen LogP contribution in [0.4, 0.5) is 11.8 Å². The van der Waals surface area contributed by atoms with E-state index in [2.05, 4.69) is 40.2 Å². The van der Waals surface area contributed by atoms with Gasteiger partial charge in [-0.2, -0.15) is 4.98 Å². The molecular formula is C17H18N4O. The number of rotatable bonds is 6. The third kappa shape index (κ3) is 3.09. The lowest BCUT2D eigenvalue weighted by Gasteiger charge is -2.11. The molecule has 0 amide bonds. The monoisotopic (exact) mass is 294 g/mol. The number of nitrogens with one attached hydrogen (secondary N) is 2. The maximum atomic E-state index is 5.31. The Bertz CT molecular complexity index is 781. The van der Waals surface area contributed by atoms with Crippen molar-refractivity contribution in [2.24, 2.45) is 0 Å². The number of benzene rings is 1. The first-order valence-electron chi connectivity index (χ1n) is 7.15. The Labute approximate surface area is 129 Å². The summed E-state index contributed by atoms with van der Waals surface area (Å²) in [5.74, 6) is 2.21. The molecule has 3 aromatic rings. The molecule has 0 saturated heterocycles. The summed E-state index contributed by atoms with van der Waals surface area (Å²) in [6.45, 7) is 6.98. The predicted octanol–water partition coefficient (Wildman–Crippen LogP) is 3.74. The molecule has 112 valence electrons. The molecule has 0 bridgehead atoms. The van der Waals surface area contributed by atoms with Gasteiger partial charge >= 0.3 is 0 Å². The lowest BCUT2D eigenvalue weighted by Crippen LogP contribution is -2.07. The van der Waals surface area contributed by atoms with E-state index in [9.17, 15) is 0 Å². The molecule has 1 aromatic carbocycles. The quantitative estimate of drug-likeness (QED) is 0.678. The SMILES string of the molecule is C=CCNc1nc(NCc2ccco2)nc2ccc(C)cc12. The Kier molecular flexibility index (Phi) is 4.05. The van der Waals surface area contributed by atoms with Gasteiger partial charge < -0.3 is 15.1 Å². The fourth-order valence-corrected chi connectivity index (χ4v) is 2.20. The second-order valence-electron chi connectivity index (χ2n) is 5.02. The smallest absolute Gasteiger partial charge is 0.225 e. The minimum absolute atomic E-state index is 0.547. The molecule has 0 atom stereocenters. The van der Waals surface area contributed by atoms with E-state index in [-0.39, 0.29) is 0 Å². The van der Waals surface area contributed by atoms with Gasteiger partial charge in [-0.25, -0.2) is 4.98 Å². The van der Waals surface area contributed by atoms with Crippen molar-refractivity contribution in [3.05, 3.63) is 60.6 Å². The maximum absolute atomic E-state index is 5.31. The van der Waals surface area contributed by atoms with Gasteiger partial charge in [-0.05, 0) is 31.2 Å². The molecule has 0 spiro atoms. The summed E-state index contributed by atoms with van der Waals surface area (Å²) < 4.78 is 5.31. The first-order valence-corrected chi connectivity index (χ1v) is 7.15. The van der Waals surface area contributed by atoms with Crippen LogP contribution in [-0.4, -0.2) is 16.5 Å². The number of aryl methyl sites for hydroxylation is 1. The Morgan fingerprint density at radius 2 is 2.14 bits per heavy atom. The topological polar surface area (TPSA) is 63.0 Å². The molecule has 22 heavy (non-hydrogen) atoms. The maximum Gasteiger partial charge on any atom is 0.225 e. The zero-order valence-corrected chi connectivity index (χ0v) is 12.5. The molecule has 0 aliphatic rings. The molecule has 0 unspecified atom stereocenters. The third-order valence-corrected chi connectivity index (χ3v) is 3.27. The molecule has 3 rings (SSSR count). The van der Waals surface area contributed by atoms with Crippen LogP contribution in [0.15, 0.2) is 53.7 Å². The standard InChI is InChI=1S/C17H18N4O/c1-3-8-18-16-14-10-12(2)6-7-15(14)20-17(21-16)19-11-13-5-4-9-22-13/h3-7,9-10H,1,8,11H2,2H3,(H2,18,19,20,21). The average Bonchev–Trinajstić information content (AvgIpc) is 3.04. The lowest BCUT2D eigenvalue weighted by atomic mass is 10.1. The second kappa shape index (κ2) is 6.30. The summed E-state index contributed by atoms with van der Waals surface area (Å²) in [6, 6.07) is 9.90. The number of nitrogens with zero attached hydrogens (tertiary/aromatic N) is 2. The normalized spacial score (nSPS) is 10.6. The van der Waals surface area contributed by atoms with Gasteiger partial charge in [-0.1, -0.05) is 17.7 Å². The van der Waals surface area contributed by atoms with E-state index in [1.165, 1.54) is 5.56 Å². The summed E-state index contributed by atoms with van der Waals surface area (Å²) in [5, 5.41) is 7.46. The summed E-state index contributed by atoms with van der Waals surface area (Å²) in [4.78, 5) is 9.11. The van der Waals surface area contributed by atoms with E-state index < -0.39 is 0 Å². The van der Waals surface area contributed by atoms with Gasteiger partial charge in [-0.15, -0.1) is 6.58 Å². The first kappa shape index (κ1) is 14.1. The minimum atomic E-state index is 0.547. The number of furan rings is 1. The van der Waals surface area contributed by atoms with Crippen LogP contribution in [0.25, 0.3) is 10.9 Å². The van der Waals surface area contributed by atoms with E-state index in [4.69, 9.17) is 4.42 Å². The van der Waals surface area contributed by atoms with Crippen LogP contribution < -0.4 is 10.6 Å². The van der Waals surface area contributed by atoms with E-state index in [0.29, 0.717) is 19.0 Å². The van der Waals surface area contributed by atoms with Gasteiger partial charge in [0.25, 0.3) is 0 Å². The number of anilines is 2. The number of hydrogen-bond donors (Lipinski definition) is 2. The summed E-state index contributed by atoms with van der Waals surface area (Å²) >= 11 is 0. The van der Waals surface area contributed by atoms with Gasteiger partial charge in [0, 0.05) is 11.9 Å². The van der Waals surface area contributed by atoms with Crippen LogP contribution >= 0.6 is 0 Å². The molecule has 2 heterocycles. The van der Waals surface area contributed by atoms with Gasteiger partial charge in [0.15, 0.2) is 0 Å². The van der Waals surface area contributed by atoms with Crippen molar-refractivity contribution in [2.45, 2.75) is 13.5 Å². The Hall–Kier alpha value is -2.82. The van der Waals surface area contributed by atoms with E-state index in [1.807, 2.05) is 24.3 Å². The fourth-order valence-electron chi connectivity index (χ4n) is 2.20. The van der Waals surface area contributed by atoms with Crippen molar-refractivity contribution in [1.29, 1.82) is 0 Å². The zero-order chi connectivity index (χ0) is 15.4. The Morgan fingerprint density at radius 1 is 1.23 bits per heavy atom. The highest BCUT2D eigenvalue weighted by Crippen LogP contribution is 2.23. The molecule has 5 heteroatoms. The van der Waals surface area contributed by atoms with Crippen LogP contribution in [0.1, 0.15) is 11.3 Å². The van der Waals surface area contributed by atoms with Crippen molar-refractivity contribution in [2.75, 3.05) is 17.2 Å². The third-order valence-electron chi connectivity index (χ3n) is 3.27. The number of hydrogen-bond acceptors (Lipinski definition) is 5. The van der Waals surface area contributed by atoms with Crippen LogP contribution in [0.2, 0.25) is 0 Å². The Morgan fingerprint density at radius 3 is 2.91 bits per heavy atom. The number of fused-ring (bicyclic) bond motifs is 1. The molecule has 0 saturated carbocycles. The van der Waals surface area contributed by atoms with Crippen LogP contribution in [0.5, 0.6) is 0 Å². The molecule has 0 aliphatic heterocycles. The molecule has 0 fully saturated rings. The molecule has 0 aliphatic carbocycles. The largest absolute Gasteiger partial charge is 0.467 e. The molecule has 5 nitrogen and oxygen atoms in total. The van der Waals surface area contributed by atoms with Crippen molar-refractivity contribution in [3.63, 3.8) is 0 Å². The molecule has 0 radical (unpaired) electrons. The van der Waals surface area contributed by atoms with Crippen molar-refractivity contribution in [1.82, 2.24) is 9.97 Å².